The van der Waals surface area contributed by atoms with Crippen LogP contribution in [0.15, 0.2) is 42.5 Å². The smallest absolute Gasteiger partial charge is 0.336 e. The monoisotopic (exact) mass is 294 g/mol. The summed E-state index contributed by atoms with van der Waals surface area (Å²) in [4.78, 5) is 23.3. The van der Waals surface area contributed by atoms with Gasteiger partial charge in [-0.05, 0) is 42.3 Å². The van der Waals surface area contributed by atoms with Crippen LogP contribution in [0.25, 0.3) is 0 Å². The minimum Gasteiger partial charge on any atom is -0.478 e. The van der Waals surface area contributed by atoms with Gasteiger partial charge in [0.05, 0.1) is 18.1 Å². The molecule has 0 fully saturated rings. The van der Waals surface area contributed by atoms with Gasteiger partial charge in [0.25, 0.3) is 5.91 Å². The van der Waals surface area contributed by atoms with E-state index in [0.717, 1.165) is 5.56 Å². The molecule has 0 aromatic heterocycles. The molecule has 0 aliphatic carbocycles. The zero-order valence-corrected chi connectivity index (χ0v) is 12.0. The molecule has 0 bridgehead atoms. The number of carboxylic acid groups (broad SMARTS) is 1. The van der Waals surface area contributed by atoms with Gasteiger partial charge in [0.1, 0.15) is 0 Å². The normalized spacial score (nSPS) is 9.82. The van der Waals surface area contributed by atoms with Crippen LogP contribution in [-0.4, -0.2) is 17.0 Å². The van der Waals surface area contributed by atoms with Gasteiger partial charge in [0, 0.05) is 11.3 Å². The van der Waals surface area contributed by atoms with Crippen molar-refractivity contribution in [2.45, 2.75) is 13.3 Å². The van der Waals surface area contributed by atoms with Crippen LogP contribution in [0, 0.1) is 18.3 Å². The highest BCUT2D eigenvalue weighted by atomic mass is 16.4. The Kier molecular flexibility index (Phi) is 4.54. The number of hydrogen-bond donors (Lipinski definition) is 2. The van der Waals surface area contributed by atoms with Crippen molar-refractivity contribution in [2.75, 3.05) is 5.32 Å². The number of nitrogens with zero attached hydrogens (tertiary/aromatic N) is 1. The van der Waals surface area contributed by atoms with E-state index >= 15 is 0 Å². The molecule has 5 nitrogen and oxygen atoms in total. The lowest BCUT2D eigenvalue weighted by atomic mass is 10.1. The number of amides is 1. The fraction of sp³-hybridized carbons (Fsp3) is 0.118. The molecule has 0 atom stereocenters. The summed E-state index contributed by atoms with van der Waals surface area (Å²) in [5.74, 6) is -1.38. The number of anilines is 1. The Morgan fingerprint density at radius 1 is 1.23 bits per heavy atom. The third-order valence-electron chi connectivity index (χ3n) is 3.20. The summed E-state index contributed by atoms with van der Waals surface area (Å²) in [6, 6.07) is 13.5. The second kappa shape index (κ2) is 6.55. The number of rotatable bonds is 4. The van der Waals surface area contributed by atoms with Gasteiger partial charge in [0.15, 0.2) is 0 Å². The van der Waals surface area contributed by atoms with E-state index in [1.165, 1.54) is 6.07 Å². The van der Waals surface area contributed by atoms with E-state index in [1.807, 2.05) is 6.07 Å². The SMILES string of the molecule is Cc1ccc(NC(=O)c2cccc(CC#N)c2)cc1C(=O)O. The first-order valence-corrected chi connectivity index (χ1v) is 6.62. The first-order chi connectivity index (χ1) is 10.5. The number of carbonyl (C=O) groups excluding carboxylic acids is 1. The van der Waals surface area contributed by atoms with Gasteiger partial charge in [-0.25, -0.2) is 4.79 Å². The minimum atomic E-state index is -1.04. The highest BCUT2D eigenvalue weighted by Gasteiger charge is 2.11. The van der Waals surface area contributed by atoms with Crippen molar-refractivity contribution in [1.29, 1.82) is 5.26 Å². The quantitative estimate of drug-likeness (QED) is 0.907. The summed E-state index contributed by atoms with van der Waals surface area (Å²) < 4.78 is 0. The Morgan fingerprint density at radius 3 is 2.68 bits per heavy atom. The molecule has 0 saturated heterocycles. The maximum Gasteiger partial charge on any atom is 0.336 e. The molecular weight excluding hydrogens is 280 g/mol. The van der Waals surface area contributed by atoms with Crippen molar-refractivity contribution in [3.8, 4) is 6.07 Å². The van der Waals surface area contributed by atoms with E-state index in [-0.39, 0.29) is 17.9 Å². The number of hydrogen-bond acceptors (Lipinski definition) is 3. The fourth-order valence-corrected chi connectivity index (χ4v) is 2.05. The second-order valence-corrected chi connectivity index (χ2v) is 4.82. The lowest BCUT2D eigenvalue weighted by Gasteiger charge is -2.08. The maximum atomic E-state index is 12.2. The first-order valence-electron chi connectivity index (χ1n) is 6.62. The standard InChI is InChI=1S/C17H14N2O3/c1-11-5-6-14(10-15(11)17(21)22)19-16(20)13-4-2-3-12(9-13)7-8-18/h2-6,9-10H,7H2,1H3,(H,19,20)(H,21,22). The molecule has 0 unspecified atom stereocenters. The van der Waals surface area contributed by atoms with Crippen molar-refractivity contribution in [3.05, 3.63) is 64.7 Å². The molecule has 110 valence electrons. The van der Waals surface area contributed by atoms with Crippen LogP contribution < -0.4 is 5.32 Å². The van der Waals surface area contributed by atoms with Crippen LogP contribution in [0.1, 0.15) is 31.8 Å². The van der Waals surface area contributed by atoms with Gasteiger partial charge in [-0.3, -0.25) is 4.79 Å². The van der Waals surface area contributed by atoms with E-state index < -0.39 is 5.97 Å². The fourth-order valence-electron chi connectivity index (χ4n) is 2.05. The second-order valence-electron chi connectivity index (χ2n) is 4.82. The predicted molar refractivity (Wildman–Crippen MR) is 81.9 cm³/mol. The first kappa shape index (κ1) is 15.3. The van der Waals surface area contributed by atoms with Gasteiger partial charge in [-0.15, -0.1) is 0 Å². The highest BCUT2D eigenvalue weighted by Crippen LogP contribution is 2.17. The van der Waals surface area contributed by atoms with Gasteiger partial charge < -0.3 is 10.4 Å². The van der Waals surface area contributed by atoms with Gasteiger partial charge in [-0.1, -0.05) is 18.2 Å². The molecule has 0 spiro atoms. The number of aryl methyl sites for hydroxylation is 1. The molecule has 0 aliphatic heterocycles. The molecule has 2 rings (SSSR count). The van der Waals surface area contributed by atoms with E-state index in [4.69, 9.17) is 10.4 Å². The molecule has 0 heterocycles. The Balaban J connectivity index is 2.22. The number of aromatic carboxylic acids is 1. The number of carboxylic acids is 1. The molecule has 0 aliphatic rings. The highest BCUT2D eigenvalue weighted by molar-refractivity contribution is 6.05. The Bertz CT molecular complexity index is 776. The van der Waals surface area contributed by atoms with Crippen molar-refractivity contribution in [3.63, 3.8) is 0 Å². The average molecular weight is 294 g/mol. The molecular formula is C17H14N2O3. The zero-order valence-electron chi connectivity index (χ0n) is 12.0. The predicted octanol–water partition coefficient (Wildman–Crippen LogP) is 3.01. The third kappa shape index (κ3) is 3.49. The van der Waals surface area contributed by atoms with Crippen molar-refractivity contribution < 1.29 is 14.7 Å². The van der Waals surface area contributed by atoms with Crippen LogP contribution in [-0.2, 0) is 6.42 Å². The Labute approximate surface area is 127 Å². The topological polar surface area (TPSA) is 90.2 Å². The van der Waals surface area contributed by atoms with Gasteiger partial charge >= 0.3 is 5.97 Å². The van der Waals surface area contributed by atoms with E-state index in [9.17, 15) is 9.59 Å². The molecule has 5 heteroatoms. The average Bonchev–Trinajstić information content (AvgIpc) is 2.49. The Hall–Kier alpha value is -3.13. The van der Waals surface area contributed by atoms with E-state index in [0.29, 0.717) is 16.8 Å². The molecule has 2 aromatic rings. The number of carbonyl (C=O) groups is 2. The molecule has 0 saturated carbocycles. The molecule has 0 radical (unpaired) electrons. The van der Waals surface area contributed by atoms with Crippen molar-refractivity contribution in [2.24, 2.45) is 0 Å². The third-order valence-corrected chi connectivity index (χ3v) is 3.20. The maximum absolute atomic E-state index is 12.2. The molecule has 1 amide bonds. The van der Waals surface area contributed by atoms with Crippen molar-refractivity contribution >= 4 is 17.6 Å². The van der Waals surface area contributed by atoms with E-state index in [2.05, 4.69) is 5.32 Å². The lowest BCUT2D eigenvalue weighted by molar-refractivity contribution is 0.0695. The lowest BCUT2D eigenvalue weighted by Crippen LogP contribution is -2.13. The number of nitrogens with one attached hydrogen (secondary N) is 1. The summed E-state index contributed by atoms with van der Waals surface area (Å²) in [6.45, 7) is 1.69. The summed E-state index contributed by atoms with van der Waals surface area (Å²) in [7, 11) is 0. The van der Waals surface area contributed by atoms with E-state index in [1.54, 1.807) is 43.3 Å². The molecule has 22 heavy (non-hydrogen) atoms. The minimum absolute atomic E-state index is 0.149. The number of nitriles is 1. The van der Waals surface area contributed by atoms with Crippen LogP contribution in [0.5, 0.6) is 0 Å². The molecule has 2 aromatic carbocycles. The van der Waals surface area contributed by atoms with Gasteiger partial charge in [-0.2, -0.15) is 5.26 Å². The van der Waals surface area contributed by atoms with Crippen molar-refractivity contribution in [1.82, 2.24) is 0 Å². The van der Waals surface area contributed by atoms with Crippen LogP contribution >= 0.6 is 0 Å². The number of benzene rings is 2. The summed E-state index contributed by atoms with van der Waals surface area (Å²) in [5, 5.41) is 20.4. The summed E-state index contributed by atoms with van der Waals surface area (Å²) in [5.41, 5.74) is 2.37. The van der Waals surface area contributed by atoms with Gasteiger partial charge in [0.2, 0.25) is 0 Å². The largest absolute Gasteiger partial charge is 0.478 e. The van der Waals surface area contributed by atoms with Crippen LogP contribution in [0.4, 0.5) is 5.69 Å². The van der Waals surface area contributed by atoms with Crippen LogP contribution in [0.2, 0.25) is 0 Å². The summed E-state index contributed by atoms with van der Waals surface area (Å²) in [6.07, 6.45) is 0.231. The molecule has 2 N–H and O–H groups in total. The Morgan fingerprint density at radius 2 is 2.00 bits per heavy atom. The van der Waals surface area contributed by atoms with Crippen LogP contribution in [0.3, 0.4) is 0 Å². The summed E-state index contributed by atoms with van der Waals surface area (Å²) >= 11 is 0. The zero-order chi connectivity index (χ0) is 16.1.